The van der Waals surface area contributed by atoms with Crippen molar-refractivity contribution in [3.8, 4) is 17.2 Å². The second-order valence-electron chi connectivity index (χ2n) is 6.57. The van der Waals surface area contributed by atoms with E-state index in [2.05, 4.69) is 26.5 Å². The average molecular weight is 518 g/mol. The summed E-state index contributed by atoms with van der Waals surface area (Å²) >= 11 is 9.67. The first-order chi connectivity index (χ1) is 15.5. The molecule has 0 heterocycles. The van der Waals surface area contributed by atoms with Crippen molar-refractivity contribution in [1.82, 2.24) is 5.43 Å². The molecular weight excluding hydrogens is 496 g/mol. The molecule has 0 bridgehead atoms. The SMILES string of the molecule is CCOc1cc(C(=O)N/N=C/c2ccc(OCc3ccccc3Cl)c(Br)c2)ccc1OC. The van der Waals surface area contributed by atoms with Crippen LogP contribution >= 0.6 is 27.5 Å². The molecule has 0 radical (unpaired) electrons. The topological polar surface area (TPSA) is 69.2 Å². The summed E-state index contributed by atoms with van der Waals surface area (Å²) in [5, 5.41) is 4.70. The lowest BCUT2D eigenvalue weighted by atomic mass is 10.2. The van der Waals surface area contributed by atoms with Crippen molar-refractivity contribution in [1.29, 1.82) is 0 Å². The number of nitrogens with zero attached hydrogens (tertiary/aromatic N) is 1. The number of ether oxygens (including phenoxy) is 3. The molecule has 6 nitrogen and oxygen atoms in total. The maximum Gasteiger partial charge on any atom is 0.271 e. The van der Waals surface area contributed by atoms with Crippen LogP contribution in [0.2, 0.25) is 5.02 Å². The van der Waals surface area contributed by atoms with Gasteiger partial charge in [0.1, 0.15) is 12.4 Å². The number of hydrogen-bond acceptors (Lipinski definition) is 5. The lowest BCUT2D eigenvalue weighted by Gasteiger charge is -2.10. The molecule has 166 valence electrons. The predicted octanol–water partition coefficient (Wildman–Crippen LogP) is 5.85. The van der Waals surface area contributed by atoms with Crippen LogP contribution in [0.15, 0.2) is 70.2 Å². The van der Waals surface area contributed by atoms with Gasteiger partial charge in [-0.2, -0.15) is 5.10 Å². The molecule has 0 unspecified atom stereocenters. The summed E-state index contributed by atoms with van der Waals surface area (Å²) in [7, 11) is 1.55. The van der Waals surface area contributed by atoms with Crippen molar-refractivity contribution in [3.05, 3.63) is 86.8 Å². The third-order valence-corrected chi connectivity index (χ3v) is 5.39. The van der Waals surface area contributed by atoms with Crippen LogP contribution in [0.3, 0.4) is 0 Å². The first-order valence-corrected chi connectivity index (χ1v) is 11.0. The van der Waals surface area contributed by atoms with Gasteiger partial charge in [0, 0.05) is 16.1 Å². The number of carbonyl (C=O) groups excluding carboxylic acids is 1. The molecule has 0 aliphatic carbocycles. The lowest BCUT2D eigenvalue weighted by molar-refractivity contribution is 0.0954. The minimum Gasteiger partial charge on any atom is -0.493 e. The van der Waals surface area contributed by atoms with Crippen LogP contribution in [0.25, 0.3) is 0 Å². The predicted molar refractivity (Wildman–Crippen MR) is 129 cm³/mol. The quantitative estimate of drug-likeness (QED) is 0.285. The Morgan fingerprint density at radius 1 is 1.06 bits per heavy atom. The molecule has 1 N–H and O–H groups in total. The number of methoxy groups -OCH3 is 1. The van der Waals surface area contributed by atoms with Gasteiger partial charge < -0.3 is 14.2 Å². The van der Waals surface area contributed by atoms with Crippen molar-refractivity contribution in [2.75, 3.05) is 13.7 Å². The minimum atomic E-state index is -0.358. The number of nitrogens with one attached hydrogen (secondary N) is 1. The number of benzene rings is 3. The van der Waals surface area contributed by atoms with E-state index in [1.165, 1.54) is 0 Å². The number of carbonyl (C=O) groups is 1. The van der Waals surface area contributed by atoms with Crippen LogP contribution in [-0.4, -0.2) is 25.8 Å². The van der Waals surface area contributed by atoms with Crippen molar-refractivity contribution in [2.24, 2.45) is 5.10 Å². The summed E-state index contributed by atoms with van der Waals surface area (Å²) in [4.78, 5) is 12.4. The standard InChI is InChI=1S/C24H22BrClN2O4/c1-3-31-23-13-17(9-11-22(23)30-2)24(29)28-27-14-16-8-10-21(19(25)12-16)32-15-18-6-4-5-7-20(18)26/h4-14H,3,15H2,1-2H3,(H,28,29)/b27-14+. The van der Waals surface area contributed by atoms with Crippen LogP contribution in [-0.2, 0) is 6.61 Å². The molecule has 0 fully saturated rings. The summed E-state index contributed by atoms with van der Waals surface area (Å²) in [6.07, 6.45) is 1.55. The van der Waals surface area contributed by atoms with Gasteiger partial charge in [-0.15, -0.1) is 0 Å². The number of hydrogen-bond donors (Lipinski definition) is 1. The first-order valence-electron chi connectivity index (χ1n) is 9.81. The van der Waals surface area contributed by atoms with Gasteiger partial charge in [0.15, 0.2) is 11.5 Å². The molecule has 32 heavy (non-hydrogen) atoms. The van der Waals surface area contributed by atoms with E-state index in [9.17, 15) is 4.79 Å². The van der Waals surface area contributed by atoms with E-state index in [0.717, 1.165) is 15.6 Å². The van der Waals surface area contributed by atoms with Gasteiger partial charge in [-0.25, -0.2) is 5.43 Å². The van der Waals surface area contributed by atoms with Crippen molar-refractivity contribution >= 4 is 39.7 Å². The molecule has 0 aromatic heterocycles. The maximum absolute atomic E-state index is 12.4. The summed E-state index contributed by atoms with van der Waals surface area (Å²) in [5.41, 5.74) is 4.61. The molecule has 0 saturated heterocycles. The molecule has 0 aliphatic heterocycles. The number of amides is 1. The third-order valence-electron chi connectivity index (χ3n) is 4.40. The van der Waals surface area contributed by atoms with Gasteiger partial charge in [0.05, 0.1) is 24.4 Å². The summed E-state index contributed by atoms with van der Waals surface area (Å²) < 4.78 is 17.3. The zero-order chi connectivity index (χ0) is 22.9. The van der Waals surface area contributed by atoms with Gasteiger partial charge in [0.25, 0.3) is 5.91 Å². The van der Waals surface area contributed by atoms with E-state index in [4.69, 9.17) is 25.8 Å². The van der Waals surface area contributed by atoms with Gasteiger partial charge in [-0.3, -0.25) is 4.79 Å². The Hall–Kier alpha value is -3.03. The fourth-order valence-corrected chi connectivity index (χ4v) is 3.50. The van der Waals surface area contributed by atoms with Crippen LogP contribution in [0.1, 0.15) is 28.4 Å². The first kappa shape index (κ1) is 23.6. The third kappa shape index (κ3) is 6.24. The highest BCUT2D eigenvalue weighted by Gasteiger charge is 2.11. The summed E-state index contributed by atoms with van der Waals surface area (Å²) in [5.74, 6) is 1.38. The van der Waals surface area contributed by atoms with E-state index in [-0.39, 0.29) is 5.91 Å². The fraction of sp³-hybridized carbons (Fsp3) is 0.167. The van der Waals surface area contributed by atoms with Crippen LogP contribution in [0.5, 0.6) is 17.2 Å². The van der Waals surface area contributed by atoms with Gasteiger partial charge in [0.2, 0.25) is 0 Å². The highest BCUT2D eigenvalue weighted by atomic mass is 79.9. The van der Waals surface area contributed by atoms with Crippen molar-refractivity contribution < 1.29 is 19.0 Å². The van der Waals surface area contributed by atoms with Crippen molar-refractivity contribution in [3.63, 3.8) is 0 Å². The second kappa shape index (κ2) is 11.5. The molecule has 3 aromatic carbocycles. The zero-order valence-electron chi connectivity index (χ0n) is 17.6. The number of hydrazone groups is 1. The van der Waals surface area contributed by atoms with Gasteiger partial charge in [-0.1, -0.05) is 29.8 Å². The Bertz CT molecular complexity index is 1120. The lowest BCUT2D eigenvalue weighted by Crippen LogP contribution is -2.17. The molecule has 0 spiro atoms. The van der Waals surface area contributed by atoms with E-state index in [0.29, 0.717) is 41.0 Å². The molecule has 3 aromatic rings. The van der Waals surface area contributed by atoms with Crippen LogP contribution in [0.4, 0.5) is 0 Å². The Labute approximate surface area is 200 Å². The molecular formula is C24H22BrClN2O4. The van der Waals surface area contributed by atoms with E-state index >= 15 is 0 Å². The largest absolute Gasteiger partial charge is 0.493 e. The van der Waals surface area contributed by atoms with E-state index < -0.39 is 0 Å². The normalized spacial score (nSPS) is 10.8. The van der Waals surface area contributed by atoms with Crippen LogP contribution in [0, 0.1) is 0 Å². The fourth-order valence-electron chi connectivity index (χ4n) is 2.80. The minimum absolute atomic E-state index is 0.355. The monoisotopic (exact) mass is 516 g/mol. The summed E-state index contributed by atoms with van der Waals surface area (Å²) in [6.45, 7) is 2.68. The maximum atomic E-state index is 12.4. The molecule has 0 aliphatic rings. The Kier molecular flexibility index (Phi) is 8.53. The highest BCUT2D eigenvalue weighted by molar-refractivity contribution is 9.10. The van der Waals surface area contributed by atoms with Gasteiger partial charge in [-0.05, 0) is 70.9 Å². The Morgan fingerprint density at radius 3 is 2.56 bits per heavy atom. The summed E-state index contributed by atoms with van der Waals surface area (Å²) in [6, 6.07) is 18.0. The Balaban J connectivity index is 1.60. The smallest absolute Gasteiger partial charge is 0.271 e. The van der Waals surface area contributed by atoms with Crippen LogP contribution < -0.4 is 19.6 Å². The van der Waals surface area contributed by atoms with Crippen molar-refractivity contribution in [2.45, 2.75) is 13.5 Å². The molecule has 1 amide bonds. The average Bonchev–Trinajstić information content (AvgIpc) is 2.79. The highest BCUT2D eigenvalue weighted by Crippen LogP contribution is 2.29. The molecule has 0 saturated carbocycles. The zero-order valence-corrected chi connectivity index (χ0v) is 19.9. The van der Waals surface area contributed by atoms with Gasteiger partial charge >= 0.3 is 0 Å². The number of halogens is 2. The molecule has 8 heteroatoms. The van der Waals surface area contributed by atoms with E-state index in [1.54, 1.807) is 31.5 Å². The molecule has 3 rings (SSSR count). The molecule has 0 atom stereocenters. The van der Waals surface area contributed by atoms with E-state index in [1.807, 2.05) is 49.4 Å². The second-order valence-corrected chi connectivity index (χ2v) is 7.83. The Morgan fingerprint density at radius 2 is 1.84 bits per heavy atom. The number of rotatable bonds is 9.